The Morgan fingerprint density at radius 3 is 2.40 bits per heavy atom. The Morgan fingerprint density at radius 2 is 1.70 bits per heavy atom. The summed E-state index contributed by atoms with van der Waals surface area (Å²) in [6.45, 7) is 6.61. The summed E-state index contributed by atoms with van der Waals surface area (Å²) in [6, 6.07) is 23.1. The molecule has 40 heavy (non-hydrogen) atoms. The monoisotopic (exact) mass is 535 g/mol. The summed E-state index contributed by atoms with van der Waals surface area (Å²) in [5.41, 5.74) is 4.55. The molecule has 0 atom stereocenters. The van der Waals surface area contributed by atoms with Crippen molar-refractivity contribution in [3.63, 3.8) is 0 Å². The summed E-state index contributed by atoms with van der Waals surface area (Å²) < 4.78 is 12.7. The smallest absolute Gasteiger partial charge is 0.358 e. The predicted octanol–water partition coefficient (Wildman–Crippen LogP) is 5.13. The number of para-hydroxylation sites is 1. The first kappa shape index (κ1) is 25.4. The molecule has 0 radical (unpaired) electrons. The zero-order valence-electron chi connectivity index (χ0n) is 22.4. The van der Waals surface area contributed by atoms with Gasteiger partial charge in [0.2, 0.25) is 0 Å². The van der Waals surface area contributed by atoms with Crippen molar-refractivity contribution in [3.05, 3.63) is 96.0 Å². The number of carbonyl (C=O) groups is 2. The Labute approximate surface area is 231 Å². The molecule has 2 aromatic carbocycles. The summed E-state index contributed by atoms with van der Waals surface area (Å²) in [5, 5.41) is 5.46. The number of hydrogen-bond acceptors (Lipinski definition) is 7. The number of hydrogen-bond donors (Lipinski definition) is 0. The molecule has 1 saturated heterocycles. The Bertz CT molecular complexity index is 1670. The number of esters is 1. The van der Waals surface area contributed by atoms with Crippen LogP contribution in [-0.4, -0.2) is 64.3 Å². The topological polar surface area (TPSA) is 93.7 Å². The lowest BCUT2D eigenvalue weighted by Gasteiger charge is -2.35. The van der Waals surface area contributed by atoms with Crippen LogP contribution >= 0.6 is 0 Å². The normalized spacial score (nSPS) is 13.6. The zero-order valence-corrected chi connectivity index (χ0v) is 22.4. The number of aryl methyl sites for hydroxylation is 1. The van der Waals surface area contributed by atoms with Gasteiger partial charge in [-0.15, -0.1) is 0 Å². The van der Waals surface area contributed by atoms with E-state index >= 15 is 0 Å². The Kier molecular flexibility index (Phi) is 6.77. The highest BCUT2D eigenvalue weighted by molar-refractivity contribution is 5.99. The van der Waals surface area contributed by atoms with E-state index in [1.807, 2.05) is 66.4 Å². The number of aromatic nitrogens is 3. The minimum absolute atomic E-state index is 0.0658. The van der Waals surface area contributed by atoms with Crippen LogP contribution in [0.25, 0.3) is 28.0 Å². The minimum Gasteiger partial charge on any atom is -0.461 e. The second kappa shape index (κ2) is 10.7. The van der Waals surface area contributed by atoms with Crippen LogP contribution in [0, 0.1) is 6.92 Å². The van der Waals surface area contributed by atoms with Crippen LogP contribution in [0.4, 0.5) is 5.69 Å². The van der Waals surface area contributed by atoms with Crippen LogP contribution in [0.3, 0.4) is 0 Å². The zero-order chi connectivity index (χ0) is 27.6. The van der Waals surface area contributed by atoms with Gasteiger partial charge in [0.25, 0.3) is 5.91 Å². The molecule has 1 fully saturated rings. The van der Waals surface area contributed by atoms with Gasteiger partial charge in [-0.2, -0.15) is 5.10 Å². The molecule has 1 amide bonds. The van der Waals surface area contributed by atoms with Gasteiger partial charge in [0, 0.05) is 54.6 Å². The van der Waals surface area contributed by atoms with E-state index in [4.69, 9.17) is 9.15 Å². The molecule has 1 aliphatic rings. The van der Waals surface area contributed by atoms with Crippen LogP contribution in [-0.2, 0) is 4.74 Å². The van der Waals surface area contributed by atoms with Crippen LogP contribution in [0.5, 0.6) is 0 Å². The van der Waals surface area contributed by atoms with E-state index in [-0.39, 0.29) is 18.2 Å². The van der Waals surface area contributed by atoms with Gasteiger partial charge >= 0.3 is 5.97 Å². The van der Waals surface area contributed by atoms with Gasteiger partial charge < -0.3 is 19.0 Å². The van der Waals surface area contributed by atoms with Crippen molar-refractivity contribution < 1.29 is 18.7 Å². The number of benzene rings is 2. The van der Waals surface area contributed by atoms with Crippen LogP contribution in [0.1, 0.15) is 33.5 Å². The summed E-state index contributed by atoms with van der Waals surface area (Å²) in [6.07, 6.45) is 1.69. The molecule has 1 aliphatic heterocycles. The molecule has 6 rings (SSSR count). The number of pyridine rings is 1. The van der Waals surface area contributed by atoms with E-state index in [1.54, 1.807) is 23.9 Å². The number of piperazine rings is 1. The number of carbonyl (C=O) groups excluding carboxylic acids is 2. The maximum atomic E-state index is 13.2. The van der Waals surface area contributed by atoms with Gasteiger partial charge in [0.05, 0.1) is 12.3 Å². The van der Waals surface area contributed by atoms with Gasteiger partial charge in [0.15, 0.2) is 17.3 Å². The average Bonchev–Trinajstić information content (AvgIpc) is 3.60. The van der Waals surface area contributed by atoms with Gasteiger partial charge in [-0.05, 0) is 50.2 Å². The highest BCUT2D eigenvalue weighted by Gasteiger charge is 2.27. The summed E-state index contributed by atoms with van der Waals surface area (Å²) in [5.74, 6) is 0.493. The molecule has 0 unspecified atom stereocenters. The van der Waals surface area contributed by atoms with E-state index in [1.165, 1.54) is 0 Å². The van der Waals surface area contributed by atoms with Crippen molar-refractivity contribution in [1.82, 2.24) is 19.7 Å². The third kappa shape index (κ3) is 4.70. The van der Waals surface area contributed by atoms with Gasteiger partial charge in [0.1, 0.15) is 5.58 Å². The Balaban J connectivity index is 1.18. The van der Waals surface area contributed by atoms with Crippen molar-refractivity contribution in [2.45, 2.75) is 13.8 Å². The molecule has 3 aromatic heterocycles. The summed E-state index contributed by atoms with van der Waals surface area (Å²) in [4.78, 5) is 34.2. The molecular formula is C31H29N5O4. The first-order valence-corrected chi connectivity index (χ1v) is 13.3. The van der Waals surface area contributed by atoms with Gasteiger partial charge in [-0.1, -0.05) is 36.4 Å². The SMILES string of the molecule is CCOC(=O)c1cc(-c2ccc(N3CCN(C(=O)c4oc5ccccc5c4C)CC3)cc2)n(-c2ccccn2)n1. The number of fused-ring (bicyclic) bond motifs is 1. The van der Waals surface area contributed by atoms with Gasteiger partial charge in [-0.25, -0.2) is 14.5 Å². The summed E-state index contributed by atoms with van der Waals surface area (Å²) >= 11 is 0. The molecule has 0 N–H and O–H groups in total. The van der Waals surface area contributed by atoms with Crippen molar-refractivity contribution in [2.75, 3.05) is 37.7 Å². The van der Waals surface area contributed by atoms with E-state index < -0.39 is 5.97 Å². The van der Waals surface area contributed by atoms with Crippen molar-refractivity contribution in [3.8, 4) is 17.1 Å². The fraction of sp³-hybridized carbons (Fsp3) is 0.226. The standard InChI is InChI=1S/C31H29N5O4/c1-3-39-31(38)25-20-26(36(33-25)28-10-6-7-15-32-28)22-11-13-23(14-12-22)34-16-18-35(19-17-34)30(37)29-21(2)24-8-4-5-9-27(24)40-29/h4-15,20H,3,16-19H2,1-2H3. The predicted molar refractivity (Wildman–Crippen MR) is 152 cm³/mol. The molecule has 9 nitrogen and oxygen atoms in total. The second-order valence-corrected chi connectivity index (χ2v) is 9.61. The Hall–Kier alpha value is -4.92. The van der Waals surface area contributed by atoms with Crippen molar-refractivity contribution >= 4 is 28.5 Å². The number of furan rings is 1. The molecule has 9 heteroatoms. The lowest BCUT2D eigenvalue weighted by atomic mass is 10.1. The van der Waals surface area contributed by atoms with E-state index in [0.29, 0.717) is 37.8 Å². The molecule has 202 valence electrons. The average molecular weight is 536 g/mol. The van der Waals surface area contributed by atoms with Crippen LogP contribution < -0.4 is 4.90 Å². The molecular weight excluding hydrogens is 506 g/mol. The number of nitrogens with zero attached hydrogens (tertiary/aromatic N) is 5. The number of rotatable bonds is 6. The van der Waals surface area contributed by atoms with Crippen molar-refractivity contribution in [2.24, 2.45) is 0 Å². The van der Waals surface area contributed by atoms with Gasteiger partial charge in [-0.3, -0.25) is 4.79 Å². The molecule has 4 heterocycles. The second-order valence-electron chi connectivity index (χ2n) is 9.61. The lowest BCUT2D eigenvalue weighted by molar-refractivity contribution is 0.0518. The number of ether oxygens (including phenoxy) is 1. The molecule has 0 saturated carbocycles. The molecule has 0 spiro atoms. The maximum absolute atomic E-state index is 13.2. The fourth-order valence-electron chi connectivity index (χ4n) is 5.08. The lowest BCUT2D eigenvalue weighted by Crippen LogP contribution is -2.48. The van der Waals surface area contributed by atoms with E-state index in [0.717, 1.165) is 33.5 Å². The quantitative estimate of drug-likeness (QED) is 0.278. The van der Waals surface area contributed by atoms with Crippen molar-refractivity contribution in [1.29, 1.82) is 0 Å². The molecule has 0 bridgehead atoms. The van der Waals surface area contributed by atoms with Crippen LogP contribution in [0.15, 0.2) is 83.4 Å². The third-order valence-corrected chi connectivity index (χ3v) is 7.19. The largest absolute Gasteiger partial charge is 0.461 e. The highest BCUT2D eigenvalue weighted by atomic mass is 16.5. The molecule has 5 aromatic rings. The summed E-state index contributed by atoms with van der Waals surface area (Å²) in [7, 11) is 0. The molecule has 0 aliphatic carbocycles. The highest BCUT2D eigenvalue weighted by Crippen LogP contribution is 2.29. The maximum Gasteiger partial charge on any atom is 0.358 e. The first-order chi connectivity index (χ1) is 19.5. The number of anilines is 1. The van der Waals surface area contributed by atoms with Crippen LogP contribution in [0.2, 0.25) is 0 Å². The third-order valence-electron chi connectivity index (χ3n) is 7.19. The van der Waals surface area contributed by atoms with E-state index in [2.05, 4.69) is 27.1 Å². The van der Waals surface area contributed by atoms with E-state index in [9.17, 15) is 9.59 Å². The fourth-order valence-corrected chi connectivity index (χ4v) is 5.08. The minimum atomic E-state index is -0.472. The Morgan fingerprint density at radius 1 is 0.950 bits per heavy atom. The first-order valence-electron chi connectivity index (χ1n) is 13.3. The number of amides is 1.